The Kier molecular flexibility index (Phi) is 3.27. The summed E-state index contributed by atoms with van der Waals surface area (Å²) < 4.78 is 5.62. The van der Waals surface area contributed by atoms with E-state index in [4.69, 9.17) is 27.9 Å². The fraction of sp³-hybridized carbons (Fsp3) is 0.154. The first-order valence-corrected chi connectivity index (χ1v) is 5.81. The quantitative estimate of drug-likeness (QED) is 0.712. The lowest BCUT2D eigenvalue weighted by molar-refractivity contribution is -0.113. The zero-order valence-corrected chi connectivity index (χ0v) is 10.9. The molecule has 88 valence electrons. The van der Waals surface area contributed by atoms with Gasteiger partial charge in [0.15, 0.2) is 11.5 Å². The van der Waals surface area contributed by atoms with Crippen LogP contribution < -0.4 is 4.74 Å². The maximum Gasteiger partial charge on any atom is 0.159 e. The van der Waals surface area contributed by atoms with Gasteiger partial charge in [0, 0.05) is 16.2 Å². The largest absolute Gasteiger partial charge is 0.455 e. The number of allylic oxidation sites excluding steroid dienone is 2. The molecule has 0 unspecified atom stereocenters. The lowest BCUT2D eigenvalue weighted by Gasteiger charge is -2.17. The second kappa shape index (κ2) is 4.55. The van der Waals surface area contributed by atoms with E-state index in [1.807, 2.05) is 6.08 Å². The van der Waals surface area contributed by atoms with E-state index in [2.05, 4.69) is 0 Å². The molecule has 1 aromatic rings. The Morgan fingerprint density at radius 1 is 1.18 bits per heavy atom. The molecule has 0 saturated heterocycles. The van der Waals surface area contributed by atoms with Crippen LogP contribution in [0.25, 0.3) is 6.08 Å². The van der Waals surface area contributed by atoms with Crippen molar-refractivity contribution in [1.82, 2.24) is 0 Å². The van der Waals surface area contributed by atoms with Gasteiger partial charge in [0.1, 0.15) is 5.76 Å². The average Bonchev–Trinajstić information content (AvgIpc) is 2.27. The minimum atomic E-state index is -0.0295. The minimum Gasteiger partial charge on any atom is -0.455 e. The highest BCUT2D eigenvalue weighted by atomic mass is 35.5. The van der Waals surface area contributed by atoms with Crippen LogP contribution in [0.15, 0.2) is 29.5 Å². The third kappa shape index (κ3) is 2.38. The lowest BCUT2D eigenvalue weighted by Crippen LogP contribution is -2.06. The van der Waals surface area contributed by atoms with E-state index < -0.39 is 0 Å². The molecule has 1 aliphatic rings. The fourth-order valence-electron chi connectivity index (χ4n) is 1.50. The van der Waals surface area contributed by atoms with Gasteiger partial charge in [0.25, 0.3) is 0 Å². The van der Waals surface area contributed by atoms with Crippen molar-refractivity contribution in [3.63, 3.8) is 0 Å². The number of carbonyl (C=O) groups is 1. The van der Waals surface area contributed by atoms with Crippen molar-refractivity contribution in [2.75, 3.05) is 0 Å². The molecule has 0 fully saturated rings. The van der Waals surface area contributed by atoms with E-state index in [1.165, 1.54) is 6.92 Å². The van der Waals surface area contributed by atoms with Crippen molar-refractivity contribution >= 4 is 35.1 Å². The Morgan fingerprint density at radius 2 is 1.88 bits per heavy atom. The van der Waals surface area contributed by atoms with Crippen LogP contribution in [0.3, 0.4) is 0 Å². The molecule has 1 aromatic carbocycles. The number of ether oxygens (including phenoxy) is 1. The molecule has 0 aromatic heterocycles. The van der Waals surface area contributed by atoms with Crippen LogP contribution in [-0.2, 0) is 4.79 Å². The summed E-state index contributed by atoms with van der Waals surface area (Å²) in [6.45, 7) is 3.22. The van der Waals surface area contributed by atoms with Gasteiger partial charge < -0.3 is 4.74 Å². The first-order chi connectivity index (χ1) is 7.99. The predicted octanol–water partition coefficient (Wildman–Crippen LogP) is 4.26. The summed E-state index contributed by atoms with van der Waals surface area (Å²) >= 11 is 11.9. The maximum absolute atomic E-state index is 11.3. The van der Waals surface area contributed by atoms with Crippen molar-refractivity contribution in [1.29, 1.82) is 0 Å². The van der Waals surface area contributed by atoms with Gasteiger partial charge >= 0.3 is 0 Å². The molecule has 2 rings (SSSR count). The summed E-state index contributed by atoms with van der Waals surface area (Å²) in [7, 11) is 0. The van der Waals surface area contributed by atoms with E-state index in [0.29, 0.717) is 27.1 Å². The monoisotopic (exact) mass is 268 g/mol. The molecule has 0 bridgehead atoms. The van der Waals surface area contributed by atoms with Crippen molar-refractivity contribution in [3.8, 4) is 5.75 Å². The molecule has 0 spiro atoms. The summed E-state index contributed by atoms with van der Waals surface area (Å²) in [5.74, 6) is 1.03. The molecule has 1 aliphatic heterocycles. The van der Waals surface area contributed by atoms with Crippen LogP contribution in [-0.4, -0.2) is 5.78 Å². The standard InChI is InChI=1S/C13H10Cl2O2/c1-7(8(2)16)12-4-3-9-5-10(14)6-11(15)13(9)17-12/h3-6H,1-2H3/b12-7+. The van der Waals surface area contributed by atoms with Gasteiger partial charge in [-0.2, -0.15) is 0 Å². The van der Waals surface area contributed by atoms with Gasteiger partial charge in [0.2, 0.25) is 0 Å². The number of ketones is 1. The van der Waals surface area contributed by atoms with Gasteiger partial charge in [-0.05, 0) is 38.1 Å². The number of benzene rings is 1. The third-order valence-corrected chi connectivity index (χ3v) is 3.06. The number of Topliss-reactive ketones (excluding diaryl/α,β-unsaturated/α-hetero) is 1. The van der Waals surface area contributed by atoms with Gasteiger partial charge in [0.05, 0.1) is 5.02 Å². The number of rotatable bonds is 1. The Balaban J connectivity index is 2.51. The summed E-state index contributed by atoms with van der Waals surface area (Å²) in [6, 6.07) is 3.38. The van der Waals surface area contributed by atoms with E-state index >= 15 is 0 Å². The second-order valence-electron chi connectivity index (χ2n) is 3.79. The molecule has 4 heteroatoms. The Hall–Kier alpha value is -1.25. The van der Waals surface area contributed by atoms with Crippen molar-refractivity contribution < 1.29 is 9.53 Å². The zero-order valence-electron chi connectivity index (χ0n) is 9.38. The number of hydrogen-bond acceptors (Lipinski definition) is 2. The van der Waals surface area contributed by atoms with E-state index in [9.17, 15) is 4.79 Å². The molecule has 0 aliphatic carbocycles. The van der Waals surface area contributed by atoms with E-state index in [1.54, 1.807) is 25.1 Å². The first-order valence-electron chi connectivity index (χ1n) is 5.06. The highest BCUT2D eigenvalue weighted by Gasteiger charge is 2.17. The fourth-order valence-corrected chi connectivity index (χ4v) is 2.04. The molecule has 0 saturated carbocycles. The van der Waals surface area contributed by atoms with E-state index in [0.717, 1.165) is 5.56 Å². The van der Waals surface area contributed by atoms with Crippen LogP contribution in [0.2, 0.25) is 10.0 Å². The SMILES string of the molecule is CC(=O)/C(C)=C1\C=Cc2cc(Cl)cc(Cl)c2O1. The Labute approximate surface area is 109 Å². The molecular weight excluding hydrogens is 259 g/mol. The smallest absolute Gasteiger partial charge is 0.159 e. The third-order valence-electron chi connectivity index (χ3n) is 2.56. The van der Waals surface area contributed by atoms with Crippen LogP contribution in [0.4, 0.5) is 0 Å². The van der Waals surface area contributed by atoms with Crippen molar-refractivity contribution in [2.45, 2.75) is 13.8 Å². The number of carbonyl (C=O) groups excluding carboxylic acids is 1. The molecule has 0 amide bonds. The normalized spacial score (nSPS) is 16.2. The minimum absolute atomic E-state index is 0.0295. The number of fused-ring (bicyclic) bond motifs is 1. The van der Waals surface area contributed by atoms with Crippen molar-refractivity contribution in [2.24, 2.45) is 0 Å². The summed E-state index contributed by atoms with van der Waals surface area (Å²) in [5, 5.41) is 0.989. The number of hydrogen-bond donors (Lipinski definition) is 0. The molecule has 1 heterocycles. The summed E-state index contributed by atoms with van der Waals surface area (Å²) in [4.78, 5) is 11.3. The maximum atomic E-state index is 11.3. The van der Waals surface area contributed by atoms with E-state index in [-0.39, 0.29) is 5.78 Å². The Morgan fingerprint density at radius 3 is 2.53 bits per heavy atom. The predicted molar refractivity (Wildman–Crippen MR) is 69.5 cm³/mol. The number of halogens is 2. The highest BCUT2D eigenvalue weighted by Crippen LogP contribution is 2.37. The molecule has 2 nitrogen and oxygen atoms in total. The molecular formula is C13H10Cl2O2. The summed E-state index contributed by atoms with van der Waals surface area (Å²) in [5.41, 5.74) is 1.38. The summed E-state index contributed by atoms with van der Waals surface area (Å²) in [6.07, 6.45) is 3.57. The van der Waals surface area contributed by atoms with Crippen LogP contribution in [0, 0.1) is 0 Å². The highest BCUT2D eigenvalue weighted by molar-refractivity contribution is 6.36. The first kappa shape index (κ1) is 12.2. The van der Waals surface area contributed by atoms with Crippen LogP contribution in [0.1, 0.15) is 19.4 Å². The van der Waals surface area contributed by atoms with Gasteiger partial charge in [-0.3, -0.25) is 4.79 Å². The molecule has 0 N–H and O–H groups in total. The molecule has 0 radical (unpaired) electrons. The van der Waals surface area contributed by atoms with Crippen LogP contribution in [0.5, 0.6) is 5.75 Å². The second-order valence-corrected chi connectivity index (χ2v) is 4.63. The van der Waals surface area contributed by atoms with Crippen LogP contribution >= 0.6 is 23.2 Å². The van der Waals surface area contributed by atoms with Crippen molar-refractivity contribution in [3.05, 3.63) is 45.1 Å². The lowest BCUT2D eigenvalue weighted by atomic mass is 10.1. The average molecular weight is 269 g/mol. The van der Waals surface area contributed by atoms with Gasteiger partial charge in [-0.15, -0.1) is 0 Å². The molecule has 17 heavy (non-hydrogen) atoms. The van der Waals surface area contributed by atoms with Gasteiger partial charge in [-0.25, -0.2) is 0 Å². The molecule has 0 atom stereocenters. The zero-order chi connectivity index (χ0) is 12.6. The Bertz CT molecular complexity index is 557. The topological polar surface area (TPSA) is 26.3 Å². The van der Waals surface area contributed by atoms with Gasteiger partial charge in [-0.1, -0.05) is 23.2 Å².